The molecule has 1 heterocycles. The summed E-state index contributed by atoms with van der Waals surface area (Å²) in [5.74, 6) is 0. The van der Waals surface area contributed by atoms with Crippen molar-refractivity contribution in [1.29, 1.82) is 0 Å². The first-order valence-corrected chi connectivity index (χ1v) is 10.5. The number of hydrogen-bond acceptors (Lipinski definition) is 6. The fourth-order valence-corrected chi connectivity index (χ4v) is 4.75. The third-order valence-corrected chi connectivity index (χ3v) is 6.45. The maximum absolute atomic E-state index is 6.05. The van der Waals surface area contributed by atoms with Crippen LogP contribution in [0.15, 0.2) is 18.7 Å². The number of hydrogen-bond donors (Lipinski definition) is 0. The van der Waals surface area contributed by atoms with Crippen LogP contribution >= 0.6 is 0 Å². The van der Waals surface area contributed by atoms with Gasteiger partial charge in [0.15, 0.2) is 0 Å². The molecule has 0 fully saturated rings. The van der Waals surface area contributed by atoms with Gasteiger partial charge in [-0.15, -0.1) is 0 Å². The van der Waals surface area contributed by atoms with E-state index >= 15 is 0 Å². The molecule has 0 amide bonds. The van der Waals surface area contributed by atoms with Crippen LogP contribution in [0.25, 0.3) is 0 Å². The second-order valence-corrected chi connectivity index (χ2v) is 8.36. The van der Waals surface area contributed by atoms with Gasteiger partial charge in [0, 0.05) is 27.4 Å². The Kier molecular flexibility index (Phi) is 11.9. The van der Waals surface area contributed by atoms with Crippen LogP contribution in [-0.2, 0) is 41.1 Å². The highest BCUT2D eigenvalue weighted by Crippen LogP contribution is 2.19. The molecule has 25 heavy (non-hydrogen) atoms. The molecule has 0 aliphatic heterocycles. The SMILES string of the molecule is COCCO[Si](CCCn1cc[n+](C)c1)(OCCOC)OCCOC. The summed E-state index contributed by atoms with van der Waals surface area (Å²) >= 11 is 0. The van der Waals surface area contributed by atoms with E-state index in [4.69, 9.17) is 27.5 Å². The lowest BCUT2D eigenvalue weighted by Crippen LogP contribution is -2.48. The maximum Gasteiger partial charge on any atom is 0.501 e. The summed E-state index contributed by atoms with van der Waals surface area (Å²) in [6.07, 6.45) is 7.01. The molecule has 0 saturated heterocycles. The van der Waals surface area contributed by atoms with Crippen LogP contribution in [0.5, 0.6) is 0 Å². The molecule has 1 aromatic heterocycles. The minimum atomic E-state index is -2.81. The van der Waals surface area contributed by atoms with Gasteiger partial charge in [-0.05, 0) is 6.42 Å². The largest absolute Gasteiger partial charge is 0.501 e. The fraction of sp³-hybridized carbons (Fsp3) is 0.812. The molecule has 146 valence electrons. The Morgan fingerprint density at radius 1 is 0.840 bits per heavy atom. The van der Waals surface area contributed by atoms with Crippen molar-refractivity contribution in [1.82, 2.24) is 4.57 Å². The minimum Gasteiger partial charge on any atom is -0.382 e. The molecule has 0 aromatic carbocycles. The van der Waals surface area contributed by atoms with Crippen molar-refractivity contribution in [2.24, 2.45) is 7.05 Å². The van der Waals surface area contributed by atoms with Crippen LogP contribution in [0.1, 0.15) is 6.42 Å². The summed E-state index contributed by atoms with van der Waals surface area (Å²) in [6, 6.07) is 0.728. The number of aromatic nitrogens is 2. The molecule has 1 aromatic rings. The normalized spacial score (nSPS) is 12.0. The summed E-state index contributed by atoms with van der Waals surface area (Å²) < 4.78 is 37.6. The molecule has 0 spiro atoms. The number of imidazole rings is 1. The minimum absolute atomic E-state index is 0.446. The molecule has 0 aliphatic rings. The van der Waals surface area contributed by atoms with E-state index in [0.717, 1.165) is 19.0 Å². The molecule has 9 heteroatoms. The second-order valence-electron chi connectivity index (χ2n) is 5.63. The lowest BCUT2D eigenvalue weighted by atomic mass is 10.5. The number of ether oxygens (including phenoxy) is 3. The van der Waals surface area contributed by atoms with Gasteiger partial charge in [0.05, 0.1) is 53.2 Å². The first kappa shape index (κ1) is 22.2. The zero-order valence-electron chi connectivity index (χ0n) is 15.9. The standard InChI is InChI=1S/C16H33N2O6Si/c1-17-7-8-18(16-17)6-5-15-25(22-12-9-19-2,23-13-10-20-3)24-14-11-21-4/h7-8,16H,5-6,9-15H2,1-4H3/q+1. The molecule has 0 radical (unpaired) electrons. The van der Waals surface area contributed by atoms with E-state index in [9.17, 15) is 0 Å². The van der Waals surface area contributed by atoms with Gasteiger partial charge in [-0.3, -0.25) is 0 Å². The number of methoxy groups -OCH3 is 3. The van der Waals surface area contributed by atoms with Crippen molar-refractivity contribution in [2.75, 3.05) is 61.0 Å². The van der Waals surface area contributed by atoms with Crippen LogP contribution in [-0.4, -0.2) is 74.3 Å². The maximum atomic E-state index is 6.05. The third-order valence-electron chi connectivity index (χ3n) is 3.55. The number of rotatable bonds is 16. The lowest BCUT2D eigenvalue weighted by molar-refractivity contribution is -0.671. The number of nitrogens with zero attached hydrogens (tertiary/aromatic N) is 2. The molecule has 1 rings (SSSR count). The highest BCUT2D eigenvalue weighted by molar-refractivity contribution is 6.60. The van der Waals surface area contributed by atoms with Crippen molar-refractivity contribution >= 4 is 8.80 Å². The van der Waals surface area contributed by atoms with Crippen LogP contribution in [0.3, 0.4) is 0 Å². The van der Waals surface area contributed by atoms with E-state index in [-0.39, 0.29) is 0 Å². The Balaban J connectivity index is 2.63. The van der Waals surface area contributed by atoms with E-state index in [0.29, 0.717) is 39.6 Å². The zero-order valence-corrected chi connectivity index (χ0v) is 16.9. The molecule has 0 N–H and O–H groups in total. The smallest absolute Gasteiger partial charge is 0.382 e. The Morgan fingerprint density at radius 2 is 1.36 bits per heavy atom. The summed E-state index contributed by atoms with van der Waals surface area (Å²) in [7, 11) is 4.14. The predicted octanol–water partition coefficient (Wildman–Crippen LogP) is 0.631. The molecule has 0 atom stereocenters. The van der Waals surface area contributed by atoms with E-state index < -0.39 is 8.80 Å². The number of aryl methyl sites for hydroxylation is 2. The van der Waals surface area contributed by atoms with Gasteiger partial charge >= 0.3 is 8.80 Å². The summed E-state index contributed by atoms with van der Waals surface area (Å²) in [5.41, 5.74) is 0. The van der Waals surface area contributed by atoms with Gasteiger partial charge in [-0.25, -0.2) is 9.13 Å². The van der Waals surface area contributed by atoms with E-state index in [1.165, 1.54) is 0 Å². The van der Waals surface area contributed by atoms with Gasteiger partial charge in [0.2, 0.25) is 6.33 Å². The molecule has 0 aliphatic carbocycles. The van der Waals surface area contributed by atoms with Crippen molar-refractivity contribution < 1.29 is 32.1 Å². The quantitative estimate of drug-likeness (QED) is 0.239. The summed E-state index contributed by atoms with van der Waals surface area (Å²) in [6.45, 7) is 3.73. The monoisotopic (exact) mass is 377 g/mol. The summed E-state index contributed by atoms with van der Waals surface area (Å²) in [4.78, 5) is 0. The average molecular weight is 378 g/mol. The lowest BCUT2D eigenvalue weighted by Gasteiger charge is -2.29. The van der Waals surface area contributed by atoms with Gasteiger partial charge in [0.1, 0.15) is 12.4 Å². The van der Waals surface area contributed by atoms with E-state index in [2.05, 4.69) is 4.57 Å². The topological polar surface area (TPSA) is 64.2 Å². The van der Waals surface area contributed by atoms with Crippen molar-refractivity contribution in [3.63, 3.8) is 0 Å². The Bertz CT molecular complexity index is 419. The van der Waals surface area contributed by atoms with E-state index in [1.807, 2.05) is 30.3 Å². The van der Waals surface area contributed by atoms with Crippen LogP contribution in [0.2, 0.25) is 6.04 Å². The zero-order chi connectivity index (χ0) is 18.4. The second kappa shape index (κ2) is 13.4. The Labute approximate surface area is 151 Å². The van der Waals surface area contributed by atoms with Crippen molar-refractivity contribution in [2.45, 2.75) is 19.0 Å². The van der Waals surface area contributed by atoms with Crippen LogP contribution in [0, 0.1) is 0 Å². The van der Waals surface area contributed by atoms with Crippen LogP contribution < -0.4 is 4.57 Å². The first-order chi connectivity index (χ1) is 12.2. The Morgan fingerprint density at radius 3 is 1.76 bits per heavy atom. The average Bonchev–Trinajstić information content (AvgIpc) is 3.01. The summed E-state index contributed by atoms with van der Waals surface area (Å²) in [5, 5.41) is 0. The Hall–Kier alpha value is -0.813. The molecule has 0 unspecified atom stereocenters. The van der Waals surface area contributed by atoms with Crippen molar-refractivity contribution in [3.05, 3.63) is 18.7 Å². The van der Waals surface area contributed by atoms with Gasteiger partial charge in [0.25, 0.3) is 0 Å². The highest BCUT2D eigenvalue weighted by Gasteiger charge is 2.41. The molecular weight excluding hydrogens is 344 g/mol. The first-order valence-electron chi connectivity index (χ1n) is 8.55. The predicted molar refractivity (Wildman–Crippen MR) is 94.3 cm³/mol. The molecular formula is C16H33N2O6Si+. The molecule has 0 saturated carbocycles. The fourth-order valence-electron chi connectivity index (χ4n) is 2.30. The van der Waals surface area contributed by atoms with E-state index in [1.54, 1.807) is 21.3 Å². The van der Waals surface area contributed by atoms with Crippen LogP contribution in [0.4, 0.5) is 0 Å². The third kappa shape index (κ3) is 9.45. The molecule has 0 bridgehead atoms. The van der Waals surface area contributed by atoms with Gasteiger partial charge in [-0.1, -0.05) is 0 Å². The van der Waals surface area contributed by atoms with Gasteiger partial charge < -0.3 is 27.5 Å². The van der Waals surface area contributed by atoms with Gasteiger partial charge in [-0.2, -0.15) is 0 Å². The molecule has 8 nitrogen and oxygen atoms in total. The highest BCUT2D eigenvalue weighted by atomic mass is 28.4. The van der Waals surface area contributed by atoms with Crippen molar-refractivity contribution in [3.8, 4) is 0 Å².